The molecule has 1 fully saturated rings. The number of halogens is 3. The molecule has 3 unspecified atom stereocenters. The number of hydrogen-bond donors (Lipinski definition) is 2. The van der Waals surface area contributed by atoms with E-state index in [1.54, 1.807) is 0 Å². The molecule has 0 bridgehead atoms. The van der Waals surface area contributed by atoms with Crippen LogP contribution in [0.5, 0.6) is 0 Å². The molecule has 0 aromatic heterocycles. The van der Waals surface area contributed by atoms with Crippen molar-refractivity contribution in [2.24, 2.45) is 5.92 Å². The van der Waals surface area contributed by atoms with Crippen molar-refractivity contribution in [3.05, 3.63) is 29.3 Å². The molecule has 21 heavy (non-hydrogen) atoms. The van der Waals surface area contributed by atoms with Crippen molar-refractivity contribution in [2.45, 2.75) is 31.2 Å². The van der Waals surface area contributed by atoms with Gasteiger partial charge in [-0.15, -0.1) is 0 Å². The maximum Gasteiger partial charge on any atom is 0.416 e. The Labute approximate surface area is 121 Å². The molecule has 1 aromatic carbocycles. The summed E-state index contributed by atoms with van der Waals surface area (Å²) in [4.78, 5) is 0. The molecule has 116 valence electrons. The maximum atomic E-state index is 12.9. The van der Waals surface area contributed by atoms with Crippen molar-refractivity contribution in [2.75, 3.05) is 25.5 Å². The largest absolute Gasteiger partial charge is 0.416 e. The number of fused-ring (bicyclic) bond motifs is 3. The Kier molecular flexibility index (Phi) is 3.84. The minimum absolute atomic E-state index is 0.0664. The highest BCUT2D eigenvalue weighted by Gasteiger charge is 2.38. The van der Waals surface area contributed by atoms with Crippen molar-refractivity contribution in [1.82, 2.24) is 5.32 Å². The third-order valence-corrected chi connectivity index (χ3v) is 4.30. The second-order valence-corrected chi connectivity index (χ2v) is 5.75. The predicted octanol–water partition coefficient (Wildman–Crippen LogP) is 3.19. The highest BCUT2D eigenvalue weighted by molar-refractivity contribution is 5.56. The van der Waals surface area contributed by atoms with Crippen LogP contribution in [0, 0.1) is 5.92 Å². The van der Waals surface area contributed by atoms with Gasteiger partial charge < -0.3 is 15.4 Å². The number of benzene rings is 1. The summed E-state index contributed by atoms with van der Waals surface area (Å²) in [6.07, 6.45) is -2.58. The Hall–Kier alpha value is -1.27. The van der Waals surface area contributed by atoms with Crippen LogP contribution in [-0.4, -0.2) is 26.2 Å². The third kappa shape index (κ3) is 2.87. The molecule has 2 aliphatic rings. The lowest BCUT2D eigenvalue weighted by atomic mass is 9.83. The van der Waals surface area contributed by atoms with Crippen LogP contribution >= 0.6 is 0 Å². The summed E-state index contributed by atoms with van der Waals surface area (Å²) < 4.78 is 44.8. The zero-order valence-corrected chi connectivity index (χ0v) is 11.8. The fourth-order valence-electron chi connectivity index (χ4n) is 3.23. The van der Waals surface area contributed by atoms with Crippen LogP contribution in [0.1, 0.15) is 30.1 Å². The van der Waals surface area contributed by atoms with Gasteiger partial charge in [0.15, 0.2) is 0 Å². The van der Waals surface area contributed by atoms with E-state index in [4.69, 9.17) is 4.74 Å². The summed E-state index contributed by atoms with van der Waals surface area (Å²) in [5.41, 5.74) is 0.791. The Morgan fingerprint density at radius 2 is 2.14 bits per heavy atom. The van der Waals surface area contributed by atoms with Crippen molar-refractivity contribution in [3.63, 3.8) is 0 Å². The molecule has 6 heteroatoms. The lowest BCUT2D eigenvalue weighted by molar-refractivity contribution is -0.137. The molecule has 1 aromatic rings. The van der Waals surface area contributed by atoms with Crippen molar-refractivity contribution in [1.29, 1.82) is 0 Å². The number of alkyl halides is 3. The first kappa shape index (κ1) is 14.7. The van der Waals surface area contributed by atoms with Crippen molar-refractivity contribution >= 4 is 5.69 Å². The standard InChI is InChI=1S/C15H19F3N2O/c1-19-8-11-4-2-9-7-20-13-5-3-10(15(16,17)18)6-12(13)14(9)21-11/h3,5-6,9,11,14,19-20H,2,4,7-8H2,1H3. The maximum absolute atomic E-state index is 12.9. The predicted molar refractivity (Wildman–Crippen MR) is 74.2 cm³/mol. The Bertz CT molecular complexity index is 518. The Morgan fingerprint density at radius 3 is 2.86 bits per heavy atom. The molecular weight excluding hydrogens is 281 g/mol. The smallest absolute Gasteiger partial charge is 0.384 e. The summed E-state index contributed by atoms with van der Waals surface area (Å²) in [5, 5.41) is 6.30. The van der Waals surface area contributed by atoms with Gasteiger partial charge in [0.05, 0.1) is 17.8 Å². The quantitative estimate of drug-likeness (QED) is 0.880. The minimum Gasteiger partial charge on any atom is -0.384 e. The van der Waals surface area contributed by atoms with Gasteiger partial charge in [0.25, 0.3) is 0 Å². The Morgan fingerprint density at radius 1 is 1.33 bits per heavy atom. The first-order valence-electron chi connectivity index (χ1n) is 7.24. The number of likely N-dealkylation sites (N-methyl/N-ethyl adjacent to an activating group) is 1. The molecule has 3 nitrogen and oxygen atoms in total. The molecule has 1 saturated heterocycles. The second-order valence-electron chi connectivity index (χ2n) is 5.75. The van der Waals surface area contributed by atoms with E-state index in [-0.39, 0.29) is 18.1 Å². The van der Waals surface area contributed by atoms with E-state index in [1.807, 2.05) is 7.05 Å². The van der Waals surface area contributed by atoms with Crippen LogP contribution in [0.3, 0.4) is 0 Å². The van der Waals surface area contributed by atoms with Crippen LogP contribution < -0.4 is 10.6 Å². The average Bonchev–Trinajstić information content (AvgIpc) is 2.46. The van der Waals surface area contributed by atoms with Gasteiger partial charge in [-0.2, -0.15) is 13.2 Å². The van der Waals surface area contributed by atoms with Gasteiger partial charge in [-0.3, -0.25) is 0 Å². The first-order valence-corrected chi connectivity index (χ1v) is 7.24. The van der Waals surface area contributed by atoms with Gasteiger partial charge in [0.2, 0.25) is 0 Å². The van der Waals surface area contributed by atoms with E-state index >= 15 is 0 Å². The molecular formula is C15H19F3N2O. The summed E-state index contributed by atoms with van der Waals surface area (Å²) >= 11 is 0. The van der Waals surface area contributed by atoms with Crippen LogP contribution in [-0.2, 0) is 10.9 Å². The van der Waals surface area contributed by atoms with Crippen molar-refractivity contribution in [3.8, 4) is 0 Å². The zero-order chi connectivity index (χ0) is 15.0. The molecule has 2 N–H and O–H groups in total. The van der Waals surface area contributed by atoms with Crippen LogP contribution in [0.25, 0.3) is 0 Å². The number of rotatable bonds is 2. The summed E-state index contributed by atoms with van der Waals surface area (Å²) in [7, 11) is 1.85. The number of ether oxygens (including phenoxy) is 1. The third-order valence-electron chi connectivity index (χ3n) is 4.30. The fraction of sp³-hybridized carbons (Fsp3) is 0.600. The van der Waals surface area contributed by atoms with E-state index in [9.17, 15) is 13.2 Å². The van der Waals surface area contributed by atoms with Crippen molar-refractivity contribution < 1.29 is 17.9 Å². The highest BCUT2D eigenvalue weighted by Crippen LogP contribution is 2.44. The van der Waals surface area contributed by atoms with Gasteiger partial charge in [0.1, 0.15) is 0 Å². The molecule has 0 saturated carbocycles. The lowest BCUT2D eigenvalue weighted by Crippen LogP contribution is -2.40. The second kappa shape index (κ2) is 5.50. The summed E-state index contributed by atoms with van der Waals surface area (Å²) in [6, 6.07) is 3.88. The monoisotopic (exact) mass is 300 g/mol. The van der Waals surface area contributed by atoms with E-state index in [1.165, 1.54) is 12.1 Å². The van der Waals surface area contributed by atoms with E-state index in [2.05, 4.69) is 10.6 Å². The zero-order valence-electron chi connectivity index (χ0n) is 11.8. The Balaban J connectivity index is 1.91. The van der Waals surface area contributed by atoms with Crippen LogP contribution in [0.15, 0.2) is 18.2 Å². The minimum atomic E-state index is -4.32. The molecule has 0 aliphatic carbocycles. The molecule has 0 radical (unpaired) electrons. The average molecular weight is 300 g/mol. The van der Waals surface area contributed by atoms with Gasteiger partial charge >= 0.3 is 6.18 Å². The molecule has 0 spiro atoms. The molecule has 3 rings (SSSR count). The molecule has 2 heterocycles. The topological polar surface area (TPSA) is 33.3 Å². The number of hydrogen-bond acceptors (Lipinski definition) is 3. The normalized spacial score (nSPS) is 28.5. The van der Waals surface area contributed by atoms with Gasteiger partial charge in [0, 0.05) is 30.3 Å². The summed E-state index contributed by atoms with van der Waals surface area (Å²) in [6.45, 7) is 1.49. The van der Waals surface area contributed by atoms with Crippen LogP contribution in [0.2, 0.25) is 0 Å². The fourth-order valence-corrected chi connectivity index (χ4v) is 3.23. The highest BCUT2D eigenvalue weighted by atomic mass is 19.4. The van der Waals surface area contributed by atoms with E-state index in [0.29, 0.717) is 5.56 Å². The van der Waals surface area contributed by atoms with Gasteiger partial charge in [-0.25, -0.2) is 0 Å². The number of anilines is 1. The van der Waals surface area contributed by atoms with E-state index in [0.717, 1.165) is 37.7 Å². The molecule has 2 aliphatic heterocycles. The molecule has 0 amide bonds. The first-order chi connectivity index (χ1) is 9.99. The van der Waals surface area contributed by atoms with Gasteiger partial charge in [-0.05, 0) is 38.1 Å². The number of nitrogens with one attached hydrogen (secondary N) is 2. The van der Waals surface area contributed by atoms with E-state index < -0.39 is 11.7 Å². The molecule has 3 atom stereocenters. The van der Waals surface area contributed by atoms with Gasteiger partial charge in [-0.1, -0.05) is 0 Å². The SMILES string of the molecule is CNCC1CCC2CNc3ccc(C(F)(F)F)cc3C2O1. The summed E-state index contributed by atoms with van der Waals surface area (Å²) in [5.74, 6) is 0.245. The lowest BCUT2D eigenvalue weighted by Gasteiger charge is -2.41. The van der Waals surface area contributed by atoms with Crippen LogP contribution in [0.4, 0.5) is 18.9 Å².